The molecule has 1 aliphatic rings. The Bertz CT molecular complexity index is 485. The summed E-state index contributed by atoms with van der Waals surface area (Å²) >= 11 is 1.71. The monoisotopic (exact) mass is 271 g/mol. The first-order valence-electron chi connectivity index (χ1n) is 5.76. The SMILES string of the molecule is NS(=O)(=O)CCSC1CCCc2ccccc21. The summed E-state index contributed by atoms with van der Waals surface area (Å²) in [5, 5.41) is 5.44. The number of rotatable bonds is 4. The number of primary sulfonamides is 1. The maximum absolute atomic E-state index is 10.9. The first-order chi connectivity index (χ1) is 8.06. The third kappa shape index (κ3) is 3.72. The molecule has 0 amide bonds. The molecule has 1 aliphatic carbocycles. The summed E-state index contributed by atoms with van der Waals surface area (Å²) in [4.78, 5) is 0. The summed E-state index contributed by atoms with van der Waals surface area (Å²) in [6.07, 6.45) is 3.46. The van der Waals surface area contributed by atoms with Crippen molar-refractivity contribution in [1.29, 1.82) is 0 Å². The number of sulfonamides is 1. The Morgan fingerprint density at radius 1 is 1.35 bits per heavy atom. The summed E-state index contributed by atoms with van der Waals surface area (Å²) in [6.45, 7) is 0. The van der Waals surface area contributed by atoms with Crippen molar-refractivity contribution < 1.29 is 8.42 Å². The van der Waals surface area contributed by atoms with Gasteiger partial charge in [-0.3, -0.25) is 0 Å². The predicted molar refractivity (Wildman–Crippen MR) is 72.6 cm³/mol. The Balaban J connectivity index is 1.99. The van der Waals surface area contributed by atoms with E-state index in [0.717, 1.165) is 12.8 Å². The summed E-state index contributed by atoms with van der Waals surface area (Å²) in [5.74, 6) is 0.647. The van der Waals surface area contributed by atoms with Crippen LogP contribution in [0.2, 0.25) is 0 Å². The van der Waals surface area contributed by atoms with Crippen LogP contribution in [0.25, 0.3) is 0 Å². The van der Waals surface area contributed by atoms with Crippen molar-refractivity contribution in [2.24, 2.45) is 5.14 Å². The predicted octanol–water partition coefficient (Wildman–Crippen LogP) is 2.09. The Morgan fingerprint density at radius 2 is 2.12 bits per heavy atom. The molecule has 0 bridgehead atoms. The largest absolute Gasteiger partial charge is 0.229 e. The lowest BCUT2D eigenvalue weighted by atomic mass is 9.91. The summed E-state index contributed by atoms with van der Waals surface area (Å²) < 4.78 is 21.8. The Labute approximate surface area is 107 Å². The van der Waals surface area contributed by atoms with E-state index >= 15 is 0 Å². The molecule has 0 fully saturated rings. The third-order valence-electron chi connectivity index (χ3n) is 3.00. The van der Waals surface area contributed by atoms with Gasteiger partial charge in [-0.25, -0.2) is 13.6 Å². The molecule has 17 heavy (non-hydrogen) atoms. The molecule has 0 heterocycles. The van der Waals surface area contributed by atoms with Gasteiger partial charge in [0.2, 0.25) is 10.0 Å². The van der Waals surface area contributed by atoms with E-state index < -0.39 is 10.0 Å². The lowest BCUT2D eigenvalue weighted by molar-refractivity contribution is 0.599. The number of fused-ring (bicyclic) bond motifs is 1. The Morgan fingerprint density at radius 3 is 2.88 bits per heavy atom. The van der Waals surface area contributed by atoms with E-state index in [2.05, 4.69) is 24.3 Å². The second-order valence-corrected chi connectivity index (χ2v) is 7.36. The number of hydrogen-bond donors (Lipinski definition) is 1. The zero-order valence-corrected chi connectivity index (χ0v) is 11.3. The van der Waals surface area contributed by atoms with Gasteiger partial charge in [0.15, 0.2) is 0 Å². The molecule has 0 aromatic heterocycles. The average molecular weight is 271 g/mol. The van der Waals surface area contributed by atoms with E-state index in [1.54, 1.807) is 11.8 Å². The van der Waals surface area contributed by atoms with Crippen LogP contribution in [0.5, 0.6) is 0 Å². The molecule has 3 nitrogen and oxygen atoms in total. The van der Waals surface area contributed by atoms with Gasteiger partial charge in [0.1, 0.15) is 0 Å². The van der Waals surface area contributed by atoms with Crippen LogP contribution in [0.15, 0.2) is 24.3 Å². The molecule has 1 aromatic carbocycles. The van der Waals surface area contributed by atoms with Gasteiger partial charge in [-0.2, -0.15) is 11.8 Å². The lowest BCUT2D eigenvalue weighted by Gasteiger charge is -2.24. The zero-order valence-electron chi connectivity index (χ0n) is 9.63. The van der Waals surface area contributed by atoms with Gasteiger partial charge in [-0.15, -0.1) is 0 Å². The minimum Gasteiger partial charge on any atom is -0.229 e. The highest BCUT2D eigenvalue weighted by Gasteiger charge is 2.20. The number of benzene rings is 1. The molecule has 0 saturated carbocycles. The molecule has 0 saturated heterocycles. The van der Waals surface area contributed by atoms with Crippen molar-refractivity contribution in [1.82, 2.24) is 0 Å². The Kier molecular flexibility index (Phi) is 4.12. The molecule has 1 aromatic rings. The van der Waals surface area contributed by atoms with E-state index in [1.165, 1.54) is 17.5 Å². The first kappa shape index (κ1) is 12.9. The maximum atomic E-state index is 10.9. The molecule has 0 radical (unpaired) electrons. The van der Waals surface area contributed by atoms with Crippen LogP contribution in [0.4, 0.5) is 0 Å². The normalized spacial score (nSPS) is 19.9. The highest BCUT2D eigenvalue weighted by molar-refractivity contribution is 8.00. The second-order valence-electron chi connectivity index (χ2n) is 4.32. The highest BCUT2D eigenvalue weighted by atomic mass is 32.2. The van der Waals surface area contributed by atoms with Crippen LogP contribution < -0.4 is 5.14 Å². The molecule has 1 unspecified atom stereocenters. The number of thioether (sulfide) groups is 1. The number of hydrogen-bond acceptors (Lipinski definition) is 3. The van der Waals surface area contributed by atoms with E-state index in [-0.39, 0.29) is 5.75 Å². The van der Waals surface area contributed by atoms with Crippen molar-refractivity contribution >= 4 is 21.8 Å². The van der Waals surface area contributed by atoms with Crippen molar-refractivity contribution in [2.75, 3.05) is 11.5 Å². The fourth-order valence-electron chi connectivity index (χ4n) is 2.19. The smallest absolute Gasteiger partial charge is 0.209 e. The number of aryl methyl sites for hydroxylation is 1. The van der Waals surface area contributed by atoms with Gasteiger partial charge in [0.25, 0.3) is 0 Å². The molecule has 0 aliphatic heterocycles. The quantitative estimate of drug-likeness (QED) is 0.912. The van der Waals surface area contributed by atoms with E-state index in [9.17, 15) is 8.42 Å². The van der Waals surface area contributed by atoms with Crippen molar-refractivity contribution in [3.8, 4) is 0 Å². The zero-order chi connectivity index (χ0) is 12.3. The second kappa shape index (κ2) is 5.42. The van der Waals surface area contributed by atoms with E-state index in [4.69, 9.17) is 5.14 Å². The molecule has 2 N–H and O–H groups in total. The van der Waals surface area contributed by atoms with Gasteiger partial charge in [-0.05, 0) is 30.4 Å². The Hall–Kier alpha value is -0.520. The molecule has 0 spiro atoms. The van der Waals surface area contributed by atoms with Gasteiger partial charge >= 0.3 is 0 Å². The molecular weight excluding hydrogens is 254 g/mol. The highest BCUT2D eigenvalue weighted by Crippen LogP contribution is 2.39. The molecule has 94 valence electrons. The van der Waals surface area contributed by atoms with Crippen molar-refractivity contribution in [3.05, 3.63) is 35.4 Å². The van der Waals surface area contributed by atoms with Crippen molar-refractivity contribution in [3.63, 3.8) is 0 Å². The number of nitrogens with two attached hydrogens (primary N) is 1. The summed E-state index contributed by atoms with van der Waals surface area (Å²) in [5.41, 5.74) is 2.78. The fourth-order valence-corrected chi connectivity index (χ4v) is 4.53. The van der Waals surface area contributed by atoms with E-state index in [1.807, 2.05) is 0 Å². The van der Waals surface area contributed by atoms with Crippen LogP contribution in [0.1, 0.15) is 29.2 Å². The van der Waals surface area contributed by atoms with Crippen LogP contribution in [0.3, 0.4) is 0 Å². The maximum Gasteiger partial charge on any atom is 0.209 e. The van der Waals surface area contributed by atoms with Gasteiger partial charge in [0.05, 0.1) is 5.75 Å². The van der Waals surface area contributed by atoms with E-state index in [0.29, 0.717) is 11.0 Å². The standard InChI is InChI=1S/C12H17NO2S2/c13-17(14,15)9-8-16-12-7-3-5-10-4-1-2-6-11(10)12/h1-2,4,6,12H,3,5,7-9H2,(H2,13,14,15). The van der Waals surface area contributed by atoms with Gasteiger partial charge in [0, 0.05) is 11.0 Å². The first-order valence-corrected chi connectivity index (χ1v) is 8.52. The lowest BCUT2D eigenvalue weighted by Crippen LogP contribution is -2.18. The van der Waals surface area contributed by atoms with Crippen molar-refractivity contribution in [2.45, 2.75) is 24.5 Å². The fraction of sp³-hybridized carbons (Fsp3) is 0.500. The minimum absolute atomic E-state index is 0.0658. The molecular formula is C12H17NO2S2. The molecule has 1 atom stereocenters. The topological polar surface area (TPSA) is 60.2 Å². The summed E-state index contributed by atoms with van der Waals surface area (Å²) in [7, 11) is -3.32. The minimum atomic E-state index is -3.32. The van der Waals surface area contributed by atoms with Gasteiger partial charge in [-0.1, -0.05) is 24.3 Å². The summed E-state index contributed by atoms with van der Waals surface area (Å²) in [6, 6.07) is 8.44. The molecule has 2 rings (SSSR count). The van der Waals surface area contributed by atoms with Crippen LogP contribution >= 0.6 is 11.8 Å². The average Bonchev–Trinajstić information content (AvgIpc) is 2.28. The third-order valence-corrected chi connectivity index (χ3v) is 5.36. The van der Waals surface area contributed by atoms with Crippen LogP contribution in [-0.4, -0.2) is 19.9 Å². The molecule has 5 heteroatoms. The van der Waals surface area contributed by atoms with Gasteiger partial charge < -0.3 is 0 Å². The van der Waals surface area contributed by atoms with Crippen LogP contribution in [-0.2, 0) is 16.4 Å². The van der Waals surface area contributed by atoms with Crippen LogP contribution in [0, 0.1) is 0 Å².